The lowest BCUT2D eigenvalue weighted by Crippen LogP contribution is -2.24. The van der Waals surface area contributed by atoms with Crippen molar-refractivity contribution in [3.63, 3.8) is 0 Å². The predicted molar refractivity (Wildman–Crippen MR) is 136 cm³/mol. The fourth-order valence-electron chi connectivity index (χ4n) is 3.96. The van der Waals surface area contributed by atoms with E-state index in [1.807, 2.05) is 54.6 Å². The molecular weight excluding hydrogens is 432 g/mol. The summed E-state index contributed by atoms with van der Waals surface area (Å²) in [4.78, 5) is 18.1. The lowest BCUT2D eigenvalue weighted by molar-refractivity contribution is 0.293. The maximum atomic E-state index is 13.3. The first-order valence-electron chi connectivity index (χ1n) is 11.2. The Hall–Kier alpha value is -3.11. The molecule has 0 saturated carbocycles. The molecule has 0 fully saturated rings. The van der Waals surface area contributed by atoms with Crippen LogP contribution in [0.3, 0.4) is 0 Å². The Morgan fingerprint density at radius 2 is 1.73 bits per heavy atom. The molecule has 0 atom stereocenters. The van der Waals surface area contributed by atoms with Gasteiger partial charge in [-0.15, -0.1) is 0 Å². The summed E-state index contributed by atoms with van der Waals surface area (Å²) >= 11 is 6.07. The van der Waals surface area contributed by atoms with Gasteiger partial charge in [-0.05, 0) is 66.8 Å². The zero-order chi connectivity index (χ0) is 23.6. The van der Waals surface area contributed by atoms with E-state index in [2.05, 4.69) is 39.8 Å². The molecule has 0 unspecified atom stereocenters. The third-order valence-electron chi connectivity index (χ3n) is 5.69. The van der Waals surface area contributed by atoms with Crippen LogP contribution in [-0.2, 0) is 12.0 Å². The minimum Gasteiger partial charge on any atom is -0.493 e. The number of halogens is 1. The molecule has 0 amide bonds. The van der Waals surface area contributed by atoms with E-state index in [0.29, 0.717) is 41.3 Å². The summed E-state index contributed by atoms with van der Waals surface area (Å²) in [6.45, 7) is 9.67. The first-order chi connectivity index (χ1) is 15.7. The molecule has 4 aromatic rings. The third kappa shape index (κ3) is 5.12. The van der Waals surface area contributed by atoms with Crippen LogP contribution in [0.25, 0.3) is 22.3 Å². The Labute approximate surface area is 199 Å². The molecule has 4 rings (SSSR count). The Balaban J connectivity index is 1.60. The quantitative estimate of drug-likeness (QED) is 0.297. The van der Waals surface area contributed by atoms with Crippen LogP contribution < -0.4 is 10.3 Å². The van der Waals surface area contributed by atoms with Crippen LogP contribution in [-0.4, -0.2) is 16.2 Å². The lowest BCUT2D eigenvalue weighted by Gasteiger charge is -2.23. The molecule has 1 heterocycles. The van der Waals surface area contributed by atoms with Crippen LogP contribution in [0.5, 0.6) is 5.75 Å². The monoisotopic (exact) mass is 460 g/mol. The smallest absolute Gasteiger partial charge is 0.261 e. The summed E-state index contributed by atoms with van der Waals surface area (Å²) in [5.74, 6) is 1.54. The van der Waals surface area contributed by atoms with Crippen molar-refractivity contribution in [1.29, 1.82) is 0 Å². The topological polar surface area (TPSA) is 44.1 Å². The minimum absolute atomic E-state index is 0.0116. The summed E-state index contributed by atoms with van der Waals surface area (Å²) in [5, 5.41) is 1.26. The highest BCUT2D eigenvalue weighted by Gasteiger charge is 2.19. The number of ether oxygens (including phenoxy) is 1. The van der Waals surface area contributed by atoms with Crippen LogP contribution in [0.2, 0.25) is 5.02 Å². The molecule has 3 aromatic carbocycles. The highest BCUT2D eigenvalue weighted by molar-refractivity contribution is 6.30. The van der Waals surface area contributed by atoms with Crippen LogP contribution in [0.1, 0.15) is 38.3 Å². The highest BCUT2D eigenvalue weighted by atomic mass is 35.5. The van der Waals surface area contributed by atoms with Crippen molar-refractivity contribution in [1.82, 2.24) is 9.55 Å². The molecule has 0 saturated heterocycles. The van der Waals surface area contributed by atoms with E-state index in [4.69, 9.17) is 21.3 Å². The van der Waals surface area contributed by atoms with Gasteiger partial charge in [0.05, 0.1) is 17.5 Å². The second-order valence-corrected chi connectivity index (χ2v) is 9.80. The lowest BCUT2D eigenvalue weighted by atomic mass is 9.85. The van der Waals surface area contributed by atoms with Gasteiger partial charge in [0.25, 0.3) is 5.56 Å². The van der Waals surface area contributed by atoms with E-state index in [0.717, 1.165) is 11.3 Å². The second-order valence-electron chi connectivity index (χ2n) is 9.37. The summed E-state index contributed by atoms with van der Waals surface area (Å²) in [6.07, 6.45) is 0.679. The molecular formula is C28H29ClN2O2. The maximum Gasteiger partial charge on any atom is 0.261 e. The van der Waals surface area contributed by atoms with E-state index in [1.54, 1.807) is 4.57 Å². The summed E-state index contributed by atoms with van der Waals surface area (Å²) < 4.78 is 7.92. The summed E-state index contributed by atoms with van der Waals surface area (Å²) in [6, 6.07) is 21.2. The van der Waals surface area contributed by atoms with Gasteiger partial charge in [-0.25, -0.2) is 4.98 Å². The number of benzene rings is 3. The average molecular weight is 461 g/mol. The number of aryl methyl sites for hydroxylation is 1. The van der Waals surface area contributed by atoms with Crippen molar-refractivity contribution < 1.29 is 4.74 Å². The number of rotatable bonds is 6. The van der Waals surface area contributed by atoms with Crippen molar-refractivity contribution in [3.8, 4) is 17.1 Å². The van der Waals surface area contributed by atoms with Crippen LogP contribution >= 0.6 is 11.6 Å². The number of hydrogen-bond acceptors (Lipinski definition) is 3. The van der Waals surface area contributed by atoms with Gasteiger partial charge in [0.15, 0.2) is 0 Å². The fourth-order valence-corrected chi connectivity index (χ4v) is 4.08. The third-order valence-corrected chi connectivity index (χ3v) is 5.94. The Kier molecular flexibility index (Phi) is 6.57. The number of aromatic nitrogens is 2. The van der Waals surface area contributed by atoms with Gasteiger partial charge in [0, 0.05) is 17.1 Å². The number of fused-ring (bicyclic) bond motifs is 1. The molecule has 0 N–H and O–H groups in total. The normalized spacial score (nSPS) is 11.7. The van der Waals surface area contributed by atoms with E-state index in [9.17, 15) is 4.79 Å². The zero-order valence-corrected chi connectivity index (χ0v) is 20.3. The van der Waals surface area contributed by atoms with E-state index >= 15 is 0 Å². The van der Waals surface area contributed by atoms with E-state index in [-0.39, 0.29) is 11.0 Å². The Morgan fingerprint density at radius 3 is 2.45 bits per heavy atom. The van der Waals surface area contributed by atoms with Crippen molar-refractivity contribution in [3.05, 3.63) is 93.2 Å². The van der Waals surface area contributed by atoms with E-state index in [1.165, 1.54) is 11.1 Å². The number of para-hydroxylation sites is 1. The first kappa shape index (κ1) is 23.1. The van der Waals surface area contributed by atoms with E-state index < -0.39 is 0 Å². The molecule has 0 radical (unpaired) electrons. The fraction of sp³-hybridized carbons (Fsp3) is 0.286. The van der Waals surface area contributed by atoms with Crippen molar-refractivity contribution >= 4 is 22.5 Å². The molecule has 170 valence electrons. The predicted octanol–water partition coefficient (Wildman–Crippen LogP) is 6.79. The molecule has 0 aliphatic rings. The molecule has 4 nitrogen and oxygen atoms in total. The van der Waals surface area contributed by atoms with Crippen molar-refractivity contribution in [2.24, 2.45) is 0 Å². The Morgan fingerprint density at radius 1 is 1.00 bits per heavy atom. The van der Waals surface area contributed by atoms with Crippen LogP contribution in [0.15, 0.2) is 71.5 Å². The van der Waals surface area contributed by atoms with Gasteiger partial charge in [-0.3, -0.25) is 9.36 Å². The molecule has 33 heavy (non-hydrogen) atoms. The SMILES string of the molecule is Cc1ccc(OCCCn2c(-c3ccc(Cl)cc3)nc3ccccc3c2=O)c(C(C)(C)C)c1. The van der Waals surface area contributed by atoms with Gasteiger partial charge < -0.3 is 4.74 Å². The molecule has 0 aliphatic carbocycles. The van der Waals surface area contributed by atoms with Gasteiger partial charge in [0.2, 0.25) is 0 Å². The molecule has 1 aromatic heterocycles. The molecule has 0 bridgehead atoms. The second kappa shape index (κ2) is 9.40. The van der Waals surface area contributed by atoms with Crippen molar-refractivity contribution in [2.45, 2.75) is 46.1 Å². The standard InChI is InChI=1S/C28H29ClN2O2/c1-19-10-15-25(23(18-19)28(2,3)4)33-17-7-16-31-26(20-11-13-21(29)14-12-20)30-24-9-6-5-8-22(24)27(31)32/h5-6,8-15,18H,7,16-17H2,1-4H3. The van der Waals surface area contributed by atoms with Crippen LogP contribution in [0.4, 0.5) is 0 Å². The molecule has 0 aliphatic heterocycles. The number of nitrogens with zero attached hydrogens (tertiary/aromatic N) is 2. The van der Waals surface area contributed by atoms with Crippen LogP contribution in [0, 0.1) is 6.92 Å². The largest absolute Gasteiger partial charge is 0.493 e. The Bertz CT molecular complexity index is 1340. The van der Waals surface area contributed by atoms with Gasteiger partial charge >= 0.3 is 0 Å². The molecule has 5 heteroatoms. The minimum atomic E-state index is -0.0451. The first-order valence-corrected chi connectivity index (χ1v) is 11.6. The van der Waals surface area contributed by atoms with Gasteiger partial charge in [-0.1, -0.05) is 62.2 Å². The summed E-state index contributed by atoms with van der Waals surface area (Å²) in [5.41, 5.74) is 3.90. The van der Waals surface area contributed by atoms with Crippen molar-refractivity contribution in [2.75, 3.05) is 6.61 Å². The number of hydrogen-bond donors (Lipinski definition) is 0. The maximum absolute atomic E-state index is 13.3. The molecule has 0 spiro atoms. The zero-order valence-electron chi connectivity index (χ0n) is 19.6. The summed E-state index contributed by atoms with van der Waals surface area (Å²) in [7, 11) is 0. The highest BCUT2D eigenvalue weighted by Crippen LogP contribution is 2.32. The average Bonchev–Trinajstić information content (AvgIpc) is 2.78. The van der Waals surface area contributed by atoms with Gasteiger partial charge in [-0.2, -0.15) is 0 Å². The van der Waals surface area contributed by atoms with Gasteiger partial charge in [0.1, 0.15) is 11.6 Å².